The van der Waals surface area contributed by atoms with Crippen LogP contribution >= 0.6 is 0 Å². The Hall–Kier alpha value is -1.88. The lowest BCUT2D eigenvalue weighted by molar-refractivity contribution is -0.127. The molecule has 2 aliphatic heterocycles. The third kappa shape index (κ3) is 3.46. The minimum atomic E-state index is -0.250. The summed E-state index contributed by atoms with van der Waals surface area (Å²) in [4.78, 5) is 26.8. The summed E-state index contributed by atoms with van der Waals surface area (Å²) in [7, 11) is 0. The molecular weight excluding hydrogens is 302 g/mol. The lowest BCUT2D eigenvalue weighted by Crippen LogP contribution is -2.47. The fourth-order valence-corrected chi connectivity index (χ4v) is 3.99. The van der Waals surface area contributed by atoms with E-state index in [1.807, 2.05) is 13.8 Å². The van der Waals surface area contributed by atoms with E-state index in [1.165, 1.54) is 5.56 Å². The zero-order chi connectivity index (χ0) is 17.3. The third-order valence-electron chi connectivity index (χ3n) is 5.04. The average Bonchev–Trinajstić information content (AvgIpc) is 2.89. The maximum absolute atomic E-state index is 12.5. The molecule has 1 unspecified atom stereocenters. The Kier molecular flexibility index (Phi) is 4.90. The number of carbonyl (C=O) groups is 2. The van der Waals surface area contributed by atoms with Crippen molar-refractivity contribution in [3.63, 3.8) is 0 Å². The summed E-state index contributed by atoms with van der Waals surface area (Å²) < 4.78 is 0. The highest BCUT2D eigenvalue weighted by atomic mass is 16.2. The van der Waals surface area contributed by atoms with E-state index in [4.69, 9.17) is 0 Å². The smallest absolute Gasteiger partial charge is 0.227 e. The van der Waals surface area contributed by atoms with E-state index in [9.17, 15) is 9.59 Å². The van der Waals surface area contributed by atoms with Crippen LogP contribution in [0.15, 0.2) is 12.1 Å². The molecule has 24 heavy (non-hydrogen) atoms. The van der Waals surface area contributed by atoms with Gasteiger partial charge in [-0.25, -0.2) is 0 Å². The van der Waals surface area contributed by atoms with E-state index in [0.717, 1.165) is 42.7 Å². The van der Waals surface area contributed by atoms with Gasteiger partial charge in [0, 0.05) is 31.2 Å². The van der Waals surface area contributed by atoms with Crippen LogP contribution in [0, 0.1) is 26.7 Å². The molecule has 130 valence electrons. The number of benzene rings is 1. The molecule has 2 fully saturated rings. The molecule has 0 radical (unpaired) electrons. The number of amides is 2. The summed E-state index contributed by atoms with van der Waals surface area (Å²) in [5.41, 5.74) is 4.36. The molecule has 2 saturated heterocycles. The SMILES string of the molecule is Cc1cc(C)c(N2CC(C(=O)N[C@H]3CCCNC3)CC2=O)c(C)c1. The zero-order valence-corrected chi connectivity index (χ0v) is 14.8. The van der Waals surface area contributed by atoms with Crippen molar-refractivity contribution in [1.82, 2.24) is 10.6 Å². The van der Waals surface area contributed by atoms with Crippen LogP contribution in [0.3, 0.4) is 0 Å². The van der Waals surface area contributed by atoms with Gasteiger partial charge in [0.05, 0.1) is 5.92 Å². The molecule has 2 atom stereocenters. The van der Waals surface area contributed by atoms with Crippen LogP contribution in [0.4, 0.5) is 5.69 Å². The molecule has 2 N–H and O–H groups in total. The number of aryl methyl sites for hydroxylation is 3. The van der Waals surface area contributed by atoms with Gasteiger partial charge in [-0.2, -0.15) is 0 Å². The summed E-state index contributed by atoms with van der Waals surface area (Å²) in [6.07, 6.45) is 2.40. The second-order valence-corrected chi connectivity index (χ2v) is 7.20. The van der Waals surface area contributed by atoms with Crippen molar-refractivity contribution in [2.24, 2.45) is 5.92 Å². The first-order valence-electron chi connectivity index (χ1n) is 8.85. The molecule has 3 rings (SSSR count). The molecule has 1 aromatic carbocycles. The Morgan fingerprint density at radius 1 is 1.25 bits per heavy atom. The highest BCUT2D eigenvalue weighted by Crippen LogP contribution is 2.31. The van der Waals surface area contributed by atoms with Gasteiger partial charge >= 0.3 is 0 Å². The van der Waals surface area contributed by atoms with Crippen LogP contribution < -0.4 is 15.5 Å². The molecular formula is C19H27N3O2. The zero-order valence-electron chi connectivity index (χ0n) is 14.8. The predicted molar refractivity (Wildman–Crippen MR) is 95.1 cm³/mol. The van der Waals surface area contributed by atoms with Gasteiger partial charge in [0.25, 0.3) is 0 Å². The topological polar surface area (TPSA) is 61.4 Å². The molecule has 5 nitrogen and oxygen atoms in total. The summed E-state index contributed by atoms with van der Waals surface area (Å²) in [6, 6.07) is 4.38. The molecule has 1 aromatic rings. The normalized spacial score (nSPS) is 24.3. The highest BCUT2D eigenvalue weighted by Gasteiger charge is 2.36. The number of hydrogen-bond donors (Lipinski definition) is 2. The van der Waals surface area contributed by atoms with Crippen molar-refractivity contribution < 1.29 is 9.59 Å². The van der Waals surface area contributed by atoms with Gasteiger partial charge in [0.15, 0.2) is 0 Å². The van der Waals surface area contributed by atoms with Gasteiger partial charge in [-0.05, 0) is 51.3 Å². The van der Waals surface area contributed by atoms with Crippen LogP contribution in [-0.2, 0) is 9.59 Å². The van der Waals surface area contributed by atoms with Gasteiger partial charge in [0.1, 0.15) is 0 Å². The number of nitrogens with zero attached hydrogens (tertiary/aromatic N) is 1. The number of piperidine rings is 1. The minimum absolute atomic E-state index is 0.0157. The molecule has 0 aromatic heterocycles. The molecule has 0 saturated carbocycles. The number of hydrogen-bond acceptors (Lipinski definition) is 3. The lowest BCUT2D eigenvalue weighted by Gasteiger charge is -2.25. The van der Waals surface area contributed by atoms with E-state index in [2.05, 4.69) is 29.7 Å². The number of nitrogens with one attached hydrogen (secondary N) is 2. The Morgan fingerprint density at radius 2 is 1.96 bits per heavy atom. The molecule has 0 aliphatic carbocycles. The van der Waals surface area contributed by atoms with E-state index in [-0.39, 0.29) is 23.8 Å². The van der Waals surface area contributed by atoms with Crippen molar-refractivity contribution in [3.8, 4) is 0 Å². The van der Waals surface area contributed by atoms with Gasteiger partial charge in [-0.3, -0.25) is 9.59 Å². The Morgan fingerprint density at radius 3 is 2.58 bits per heavy atom. The van der Waals surface area contributed by atoms with Crippen molar-refractivity contribution >= 4 is 17.5 Å². The van der Waals surface area contributed by atoms with E-state index in [1.54, 1.807) is 4.90 Å². The van der Waals surface area contributed by atoms with E-state index >= 15 is 0 Å². The molecule has 5 heteroatoms. The quantitative estimate of drug-likeness (QED) is 0.889. The Labute approximate surface area is 143 Å². The first-order valence-corrected chi connectivity index (χ1v) is 8.85. The van der Waals surface area contributed by atoms with Crippen molar-refractivity contribution in [2.75, 3.05) is 24.5 Å². The average molecular weight is 329 g/mol. The second kappa shape index (κ2) is 6.93. The first-order chi connectivity index (χ1) is 11.5. The minimum Gasteiger partial charge on any atom is -0.352 e. The summed E-state index contributed by atoms with van der Waals surface area (Å²) in [5.74, 6) is -0.187. The first kappa shape index (κ1) is 17.0. The molecule has 0 spiro atoms. The van der Waals surface area contributed by atoms with Gasteiger partial charge in [-0.1, -0.05) is 17.7 Å². The monoisotopic (exact) mass is 329 g/mol. The van der Waals surface area contributed by atoms with Crippen molar-refractivity contribution in [1.29, 1.82) is 0 Å². The van der Waals surface area contributed by atoms with Gasteiger partial charge < -0.3 is 15.5 Å². The van der Waals surface area contributed by atoms with E-state index < -0.39 is 0 Å². The third-order valence-corrected chi connectivity index (χ3v) is 5.04. The van der Waals surface area contributed by atoms with Crippen LogP contribution in [-0.4, -0.2) is 37.5 Å². The van der Waals surface area contributed by atoms with Crippen molar-refractivity contribution in [3.05, 3.63) is 28.8 Å². The number of rotatable bonds is 3. The highest BCUT2D eigenvalue weighted by molar-refractivity contribution is 6.01. The van der Waals surface area contributed by atoms with Crippen molar-refractivity contribution in [2.45, 2.75) is 46.1 Å². The van der Waals surface area contributed by atoms with Crippen LogP contribution in [0.5, 0.6) is 0 Å². The fourth-order valence-electron chi connectivity index (χ4n) is 3.99. The van der Waals surface area contributed by atoms with Crippen LogP contribution in [0.2, 0.25) is 0 Å². The van der Waals surface area contributed by atoms with Crippen LogP contribution in [0.1, 0.15) is 36.0 Å². The molecule has 0 bridgehead atoms. The number of carbonyl (C=O) groups excluding carboxylic acids is 2. The Bertz CT molecular complexity index is 627. The van der Waals surface area contributed by atoms with Gasteiger partial charge in [-0.15, -0.1) is 0 Å². The summed E-state index contributed by atoms with van der Waals surface area (Å²) in [5, 5.41) is 6.41. The fraction of sp³-hybridized carbons (Fsp3) is 0.579. The maximum atomic E-state index is 12.5. The summed E-state index contributed by atoms with van der Waals surface area (Å²) in [6.45, 7) is 8.45. The Balaban J connectivity index is 1.70. The largest absolute Gasteiger partial charge is 0.352 e. The predicted octanol–water partition coefficient (Wildman–Crippen LogP) is 1.83. The second-order valence-electron chi connectivity index (χ2n) is 7.20. The molecule has 2 heterocycles. The maximum Gasteiger partial charge on any atom is 0.227 e. The molecule has 2 amide bonds. The number of anilines is 1. The van der Waals surface area contributed by atoms with Gasteiger partial charge in [0.2, 0.25) is 11.8 Å². The standard InChI is InChI=1S/C19H27N3O2/c1-12-7-13(2)18(14(3)8-12)22-11-15(9-17(22)23)19(24)21-16-5-4-6-20-10-16/h7-8,15-16,20H,4-6,9-11H2,1-3H3,(H,21,24)/t15?,16-/m0/s1. The summed E-state index contributed by atoms with van der Waals surface area (Å²) >= 11 is 0. The molecule has 2 aliphatic rings. The van der Waals surface area contributed by atoms with E-state index in [0.29, 0.717) is 13.0 Å². The lowest BCUT2D eigenvalue weighted by atomic mass is 10.0. The van der Waals surface area contributed by atoms with Crippen LogP contribution in [0.25, 0.3) is 0 Å².